The molecule has 0 radical (unpaired) electrons. The van der Waals surface area contributed by atoms with Crippen molar-refractivity contribution in [3.05, 3.63) is 28.3 Å². The Bertz CT molecular complexity index is 426. The highest BCUT2D eigenvalue weighted by molar-refractivity contribution is 6.41. The van der Waals surface area contributed by atoms with Crippen LogP contribution in [-0.4, -0.2) is 22.0 Å². The molecule has 4 nitrogen and oxygen atoms in total. The number of carbonyl (C=O) groups excluding carboxylic acids is 1. The Morgan fingerprint density at radius 1 is 1.40 bits per heavy atom. The van der Waals surface area contributed by atoms with Crippen LogP contribution in [0.3, 0.4) is 0 Å². The van der Waals surface area contributed by atoms with Gasteiger partial charge in [-0.05, 0) is 24.1 Å². The highest BCUT2D eigenvalue weighted by Gasteiger charge is 2.20. The van der Waals surface area contributed by atoms with Crippen LogP contribution < -0.4 is 0 Å². The molecule has 0 aliphatic heterocycles. The second-order valence-electron chi connectivity index (χ2n) is 2.95. The molecule has 1 rings (SSSR count). The number of carboxylic acid groups (broad SMARTS) is 1. The highest BCUT2D eigenvalue weighted by Crippen LogP contribution is 2.27. The van der Waals surface area contributed by atoms with Crippen LogP contribution in [0, 0.1) is 0 Å². The summed E-state index contributed by atoms with van der Waals surface area (Å²) >= 11 is 5.69. The van der Waals surface area contributed by atoms with Gasteiger partial charge < -0.3 is 10.2 Å². The zero-order chi connectivity index (χ0) is 11.6. The normalized spacial score (nSPS) is 10.0. The molecule has 0 aliphatic carbocycles. The standard InChI is InChI=1S/C10H9ClO4/c1-2-5-3-6(11)4-7(8(5)12)9(13)10(14)15/h3-4,12H,2H2,1H3,(H,14,15). The number of Topliss-reactive ketones (excluding diaryl/α,β-unsaturated/α-hetero) is 1. The van der Waals surface area contributed by atoms with Crippen LogP contribution in [0.2, 0.25) is 5.02 Å². The Kier molecular flexibility index (Phi) is 3.31. The van der Waals surface area contributed by atoms with Gasteiger partial charge in [0.15, 0.2) is 0 Å². The van der Waals surface area contributed by atoms with E-state index in [2.05, 4.69) is 0 Å². The number of ketones is 1. The summed E-state index contributed by atoms with van der Waals surface area (Å²) in [6.45, 7) is 1.76. The zero-order valence-electron chi connectivity index (χ0n) is 7.95. The smallest absolute Gasteiger partial charge is 0.377 e. The number of aryl methyl sites for hydroxylation is 1. The van der Waals surface area contributed by atoms with E-state index in [0.717, 1.165) is 6.07 Å². The van der Waals surface area contributed by atoms with Gasteiger partial charge in [0.2, 0.25) is 0 Å². The first-order valence-corrected chi connectivity index (χ1v) is 4.64. The van der Waals surface area contributed by atoms with Gasteiger partial charge in [-0.3, -0.25) is 4.79 Å². The minimum Gasteiger partial charge on any atom is -0.507 e. The van der Waals surface area contributed by atoms with Crippen molar-refractivity contribution < 1.29 is 19.8 Å². The zero-order valence-corrected chi connectivity index (χ0v) is 8.71. The van der Waals surface area contributed by atoms with Crippen LogP contribution >= 0.6 is 11.6 Å². The molecule has 80 valence electrons. The summed E-state index contributed by atoms with van der Waals surface area (Å²) in [5, 5.41) is 18.3. The van der Waals surface area contributed by atoms with Gasteiger partial charge in [-0.15, -0.1) is 0 Å². The summed E-state index contributed by atoms with van der Waals surface area (Å²) in [6, 6.07) is 2.64. The SMILES string of the molecule is CCc1cc(Cl)cc(C(=O)C(=O)O)c1O. The van der Waals surface area contributed by atoms with Crippen molar-refractivity contribution in [1.82, 2.24) is 0 Å². The maximum absolute atomic E-state index is 11.2. The van der Waals surface area contributed by atoms with Crippen molar-refractivity contribution in [2.75, 3.05) is 0 Å². The van der Waals surface area contributed by atoms with Gasteiger partial charge >= 0.3 is 5.97 Å². The molecule has 0 saturated heterocycles. The predicted octanol–water partition coefficient (Wildman–Crippen LogP) is 1.88. The van der Waals surface area contributed by atoms with E-state index in [-0.39, 0.29) is 16.3 Å². The number of carbonyl (C=O) groups is 2. The molecule has 0 aliphatic rings. The minimum atomic E-state index is -1.62. The molecule has 0 aromatic heterocycles. The predicted molar refractivity (Wildman–Crippen MR) is 54.5 cm³/mol. The molecule has 0 atom stereocenters. The van der Waals surface area contributed by atoms with Gasteiger partial charge in [0, 0.05) is 5.02 Å². The third kappa shape index (κ3) is 2.27. The molecular weight excluding hydrogens is 220 g/mol. The number of carboxylic acids is 1. The van der Waals surface area contributed by atoms with Crippen molar-refractivity contribution in [2.24, 2.45) is 0 Å². The number of phenols is 1. The van der Waals surface area contributed by atoms with Crippen molar-refractivity contribution in [3.8, 4) is 5.75 Å². The minimum absolute atomic E-state index is 0.231. The van der Waals surface area contributed by atoms with Crippen molar-refractivity contribution >= 4 is 23.4 Å². The molecular formula is C10H9ClO4. The number of phenolic OH excluding ortho intramolecular Hbond substituents is 1. The quantitative estimate of drug-likeness (QED) is 0.612. The first-order chi connectivity index (χ1) is 6.97. The summed E-state index contributed by atoms with van der Waals surface area (Å²) in [7, 11) is 0. The van der Waals surface area contributed by atoms with Crippen LogP contribution in [0.25, 0.3) is 0 Å². The van der Waals surface area contributed by atoms with Gasteiger partial charge in [0.05, 0.1) is 5.56 Å². The molecule has 15 heavy (non-hydrogen) atoms. The van der Waals surface area contributed by atoms with Crippen molar-refractivity contribution in [2.45, 2.75) is 13.3 Å². The number of aromatic hydroxyl groups is 1. The Morgan fingerprint density at radius 3 is 2.47 bits per heavy atom. The Balaban J connectivity index is 3.35. The van der Waals surface area contributed by atoms with E-state index in [4.69, 9.17) is 16.7 Å². The van der Waals surface area contributed by atoms with Gasteiger partial charge in [0.25, 0.3) is 5.78 Å². The number of hydrogen-bond donors (Lipinski definition) is 2. The van der Waals surface area contributed by atoms with E-state index < -0.39 is 11.8 Å². The van der Waals surface area contributed by atoms with E-state index in [1.54, 1.807) is 6.92 Å². The molecule has 0 heterocycles. The number of rotatable bonds is 3. The molecule has 0 bridgehead atoms. The average Bonchev–Trinajstić information content (AvgIpc) is 2.19. The first-order valence-electron chi connectivity index (χ1n) is 4.26. The lowest BCUT2D eigenvalue weighted by Crippen LogP contribution is -2.13. The average molecular weight is 229 g/mol. The van der Waals surface area contributed by atoms with Gasteiger partial charge in [-0.25, -0.2) is 4.79 Å². The Hall–Kier alpha value is -1.55. The molecule has 1 aromatic carbocycles. The van der Waals surface area contributed by atoms with Crippen LogP contribution in [-0.2, 0) is 11.2 Å². The lowest BCUT2D eigenvalue weighted by Gasteiger charge is -2.06. The second kappa shape index (κ2) is 4.31. The fraction of sp³-hybridized carbons (Fsp3) is 0.200. The monoisotopic (exact) mass is 228 g/mol. The summed E-state index contributed by atoms with van der Waals surface area (Å²) in [6.07, 6.45) is 0.465. The van der Waals surface area contributed by atoms with Crippen LogP contribution in [0.4, 0.5) is 0 Å². The highest BCUT2D eigenvalue weighted by atomic mass is 35.5. The second-order valence-corrected chi connectivity index (χ2v) is 3.39. The topological polar surface area (TPSA) is 74.6 Å². The molecule has 1 aromatic rings. The fourth-order valence-electron chi connectivity index (χ4n) is 1.21. The molecule has 5 heteroatoms. The summed E-state index contributed by atoms with van der Waals surface area (Å²) < 4.78 is 0. The number of benzene rings is 1. The number of halogens is 1. The lowest BCUT2D eigenvalue weighted by molar-refractivity contribution is -0.131. The van der Waals surface area contributed by atoms with Crippen molar-refractivity contribution in [1.29, 1.82) is 0 Å². The van der Waals surface area contributed by atoms with E-state index in [9.17, 15) is 14.7 Å². The maximum atomic E-state index is 11.2. The van der Waals surface area contributed by atoms with E-state index in [1.807, 2.05) is 0 Å². The fourth-order valence-corrected chi connectivity index (χ4v) is 1.45. The summed E-state index contributed by atoms with van der Waals surface area (Å²) in [5.74, 6) is -3.09. The molecule has 0 saturated carbocycles. The van der Waals surface area contributed by atoms with E-state index >= 15 is 0 Å². The third-order valence-electron chi connectivity index (χ3n) is 1.97. The van der Waals surface area contributed by atoms with E-state index in [0.29, 0.717) is 12.0 Å². The van der Waals surface area contributed by atoms with E-state index in [1.165, 1.54) is 6.07 Å². The van der Waals surface area contributed by atoms with Gasteiger partial charge in [0.1, 0.15) is 5.75 Å². The molecule has 0 unspecified atom stereocenters. The number of hydrogen-bond acceptors (Lipinski definition) is 3. The molecule has 2 N–H and O–H groups in total. The Labute approximate surface area is 91.1 Å². The largest absolute Gasteiger partial charge is 0.507 e. The molecule has 0 fully saturated rings. The van der Waals surface area contributed by atoms with Gasteiger partial charge in [-0.1, -0.05) is 18.5 Å². The van der Waals surface area contributed by atoms with Crippen LogP contribution in [0.1, 0.15) is 22.8 Å². The summed E-state index contributed by atoms with van der Waals surface area (Å²) in [4.78, 5) is 21.6. The van der Waals surface area contributed by atoms with Crippen LogP contribution in [0.15, 0.2) is 12.1 Å². The lowest BCUT2D eigenvalue weighted by atomic mass is 10.0. The van der Waals surface area contributed by atoms with Crippen molar-refractivity contribution in [3.63, 3.8) is 0 Å². The van der Waals surface area contributed by atoms with Crippen LogP contribution in [0.5, 0.6) is 5.75 Å². The molecule has 0 amide bonds. The Morgan fingerprint density at radius 2 is 2.00 bits per heavy atom. The first kappa shape index (κ1) is 11.5. The molecule has 0 spiro atoms. The third-order valence-corrected chi connectivity index (χ3v) is 2.19. The maximum Gasteiger partial charge on any atom is 0.377 e. The van der Waals surface area contributed by atoms with Gasteiger partial charge in [-0.2, -0.15) is 0 Å². The summed E-state index contributed by atoms with van der Waals surface area (Å²) in [5.41, 5.74) is 0.180. The number of aliphatic carboxylic acids is 1.